The van der Waals surface area contributed by atoms with Gasteiger partial charge in [-0.05, 0) is 68.5 Å². The van der Waals surface area contributed by atoms with E-state index in [9.17, 15) is 9.18 Å². The summed E-state index contributed by atoms with van der Waals surface area (Å²) in [6.07, 6.45) is 3.72. The van der Waals surface area contributed by atoms with E-state index >= 15 is 0 Å². The minimum absolute atomic E-state index is 0.0409. The van der Waals surface area contributed by atoms with Crippen LogP contribution < -0.4 is 5.32 Å². The molecule has 0 fully saturated rings. The Kier molecular flexibility index (Phi) is 5.66. The molecule has 0 bridgehead atoms. The normalized spacial score (nSPS) is 12.2. The van der Waals surface area contributed by atoms with Crippen LogP contribution in [0.1, 0.15) is 27.5 Å². The van der Waals surface area contributed by atoms with E-state index in [1.54, 1.807) is 35.1 Å². The molecule has 0 aliphatic carbocycles. The van der Waals surface area contributed by atoms with E-state index in [0.717, 1.165) is 16.8 Å². The van der Waals surface area contributed by atoms with E-state index in [0.29, 0.717) is 12.1 Å². The molecule has 1 aromatic heterocycles. The van der Waals surface area contributed by atoms with Gasteiger partial charge in [0.25, 0.3) is 5.91 Å². The number of nitrogens with zero attached hydrogens (tertiary/aromatic N) is 3. The van der Waals surface area contributed by atoms with Crippen molar-refractivity contribution in [2.24, 2.45) is 0 Å². The first-order valence-electron chi connectivity index (χ1n) is 8.76. The number of benzene rings is 2. The third-order valence-electron chi connectivity index (χ3n) is 4.44. The second-order valence-corrected chi connectivity index (χ2v) is 6.75. The highest BCUT2D eigenvalue weighted by Gasteiger charge is 2.16. The van der Waals surface area contributed by atoms with Crippen molar-refractivity contribution in [3.05, 3.63) is 83.4 Å². The maximum atomic E-state index is 13.2. The lowest BCUT2D eigenvalue weighted by Crippen LogP contribution is -2.34. The molecule has 0 spiro atoms. The van der Waals surface area contributed by atoms with Crippen molar-refractivity contribution in [2.75, 3.05) is 20.6 Å². The zero-order valence-electron chi connectivity index (χ0n) is 15.7. The molecule has 1 N–H and O–H groups in total. The first kappa shape index (κ1) is 18.8. The zero-order chi connectivity index (χ0) is 19.4. The molecule has 1 amide bonds. The molecule has 140 valence electrons. The zero-order valence-corrected chi connectivity index (χ0v) is 15.7. The smallest absolute Gasteiger partial charge is 0.251 e. The van der Waals surface area contributed by atoms with Crippen molar-refractivity contribution in [3.8, 4) is 5.69 Å². The number of halogens is 1. The highest BCUT2D eigenvalue weighted by atomic mass is 19.1. The number of amides is 1. The monoisotopic (exact) mass is 366 g/mol. The Bertz CT molecular complexity index is 901. The van der Waals surface area contributed by atoms with Crippen LogP contribution in [-0.4, -0.2) is 41.2 Å². The van der Waals surface area contributed by atoms with E-state index in [2.05, 4.69) is 10.4 Å². The molecular weight excluding hydrogens is 343 g/mol. The van der Waals surface area contributed by atoms with Crippen LogP contribution in [0.2, 0.25) is 0 Å². The average molecular weight is 366 g/mol. The Labute approximate surface area is 158 Å². The van der Waals surface area contributed by atoms with Crippen LogP contribution in [0.15, 0.2) is 60.9 Å². The van der Waals surface area contributed by atoms with E-state index in [1.807, 2.05) is 44.2 Å². The highest BCUT2D eigenvalue weighted by Crippen LogP contribution is 2.18. The molecule has 1 atom stereocenters. The van der Waals surface area contributed by atoms with Crippen LogP contribution in [0.3, 0.4) is 0 Å². The van der Waals surface area contributed by atoms with Crippen LogP contribution in [0.25, 0.3) is 5.69 Å². The fraction of sp³-hybridized carbons (Fsp3) is 0.238. The molecule has 2 aromatic carbocycles. The number of rotatable bonds is 6. The Morgan fingerprint density at radius 3 is 2.37 bits per heavy atom. The summed E-state index contributed by atoms with van der Waals surface area (Å²) >= 11 is 0. The molecule has 3 aromatic rings. The van der Waals surface area contributed by atoms with Gasteiger partial charge in [0.1, 0.15) is 5.82 Å². The minimum Gasteiger partial charge on any atom is -0.350 e. The highest BCUT2D eigenvalue weighted by molar-refractivity contribution is 5.94. The van der Waals surface area contributed by atoms with Crippen LogP contribution in [-0.2, 0) is 0 Å². The standard InChI is InChI=1S/C21H23FN4O/c1-15-12-24-26(14-15)19-10-6-17(7-11-19)21(27)23-13-20(25(2)3)16-4-8-18(22)9-5-16/h4-12,14,20H,13H2,1-3H3,(H,23,27). The molecule has 0 aliphatic heterocycles. The largest absolute Gasteiger partial charge is 0.350 e. The first-order chi connectivity index (χ1) is 12.9. The van der Waals surface area contributed by atoms with Gasteiger partial charge in [-0.1, -0.05) is 12.1 Å². The Hall–Kier alpha value is -2.99. The topological polar surface area (TPSA) is 50.2 Å². The lowest BCUT2D eigenvalue weighted by molar-refractivity contribution is 0.0942. The van der Waals surface area contributed by atoms with Gasteiger partial charge < -0.3 is 10.2 Å². The third-order valence-corrected chi connectivity index (χ3v) is 4.44. The van der Waals surface area contributed by atoms with Crippen LogP contribution in [0.4, 0.5) is 4.39 Å². The fourth-order valence-electron chi connectivity index (χ4n) is 2.89. The molecule has 27 heavy (non-hydrogen) atoms. The van der Waals surface area contributed by atoms with Crippen LogP contribution in [0, 0.1) is 12.7 Å². The van der Waals surface area contributed by atoms with Gasteiger partial charge in [-0.25, -0.2) is 9.07 Å². The third kappa shape index (κ3) is 4.60. The van der Waals surface area contributed by atoms with Crippen LogP contribution in [0.5, 0.6) is 0 Å². The summed E-state index contributed by atoms with van der Waals surface area (Å²) in [4.78, 5) is 14.5. The molecule has 0 saturated carbocycles. The SMILES string of the molecule is Cc1cnn(-c2ccc(C(=O)NCC(c3ccc(F)cc3)N(C)C)cc2)c1. The quantitative estimate of drug-likeness (QED) is 0.728. The maximum Gasteiger partial charge on any atom is 0.251 e. The van der Waals surface area contributed by atoms with Crippen molar-refractivity contribution in [3.63, 3.8) is 0 Å². The number of aromatic nitrogens is 2. The van der Waals surface area contributed by atoms with Gasteiger partial charge in [0, 0.05) is 18.3 Å². The van der Waals surface area contributed by atoms with Gasteiger partial charge in [0.05, 0.1) is 17.9 Å². The predicted molar refractivity (Wildman–Crippen MR) is 103 cm³/mol. The molecule has 1 heterocycles. The van der Waals surface area contributed by atoms with Crippen LogP contribution >= 0.6 is 0 Å². The molecule has 5 nitrogen and oxygen atoms in total. The second-order valence-electron chi connectivity index (χ2n) is 6.75. The first-order valence-corrected chi connectivity index (χ1v) is 8.76. The Morgan fingerprint density at radius 1 is 1.15 bits per heavy atom. The summed E-state index contributed by atoms with van der Waals surface area (Å²) in [6, 6.07) is 13.6. The van der Waals surface area contributed by atoms with Crippen molar-refractivity contribution in [1.82, 2.24) is 20.0 Å². The summed E-state index contributed by atoms with van der Waals surface area (Å²) in [6.45, 7) is 2.41. The molecule has 0 saturated heterocycles. The molecule has 0 radical (unpaired) electrons. The summed E-state index contributed by atoms with van der Waals surface area (Å²) in [5, 5.41) is 7.22. The lowest BCUT2D eigenvalue weighted by atomic mass is 10.1. The molecular formula is C21H23FN4O. The second kappa shape index (κ2) is 8.14. The number of aryl methyl sites for hydroxylation is 1. The maximum absolute atomic E-state index is 13.2. The summed E-state index contributed by atoms with van der Waals surface area (Å²) in [5.41, 5.74) is 3.51. The number of hydrogen-bond donors (Lipinski definition) is 1. The molecule has 6 heteroatoms. The number of nitrogens with one attached hydrogen (secondary N) is 1. The van der Waals surface area contributed by atoms with Gasteiger partial charge >= 0.3 is 0 Å². The van der Waals surface area contributed by atoms with E-state index in [1.165, 1.54) is 12.1 Å². The molecule has 1 unspecified atom stereocenters. The minimum atomic E-state index is -0.271. The van der Waals surface area contributed by atoms with Crippen molar-refractivity contribution >= 4 is 5.91 Å². The van der Waals surface area contributed by atoms with Gasteiger partial charge in [-0.2, -0.15) is 5.10 Å². The summed E-state index contributed by atoms with van der Waals surface area (Å²) < 4.78 is 14.9. The summed E-state index contributed by atoms with van der Waals surface area (Å²) in [5.74, 6) is -0.417. The average Bonchev–Trinajstić information content (AvgIpc) is 3.09. The number of hydrogen-bond acceptors (Lipinski definition) is 3. The van der Waals surface area contributed by atoms with Crippen molar-refractivity contribution in [1.29, 1.82) is 0 Å². The number of carbonyl (C=O) groups excluding carboxylic acids is 1. The summed E-state index contributed by atoms with van der Waals surface area (Å²) in [7, 11) is 3.86. The van der Waals surface area contributed by atoms with Crippen molar-refractivity contribution < 1.29 is 9.18 Å². The number of likely N-dealkylation sites (N-methyl/N-ethyl adjacent to an activating group) is 1. The number of carbonyl (C=O) groups is 1. The van der Waals surface area contributed by atoms with Gasteiger partial charge in [-0.15, -0.1) is 0 Å². The molecule has 0 aliphatic rings. The van der Waals surface area contributed by atoms with E-state index in [-0.39, 0.29) is 17.8 Å². The molecule has 3 rings (SSSR count). The Balaban J connectivity index is 1.66. The lowest BCUT2D eigenvalue weighted by Gasteiger charge is -2.25. The Morgan fingerprint density at radius 2 is 1.81 bits per heavy atom. The fourth-order valence-corrected chi connectivity index (χ4v) is 2.89. The van der Waals surface area contributed by atoms with Crippen molar-refractivity contribution in [2.45, 2.75) is 13.0 Å². The van der Waals surface area contributed by atoms with Gasteiger partial charge in [-0.3, -0.25) is 4.79 Å². The van der Waals surface area contributed by atoms with E-state index < -0.39 is 0 Å². The van der Waals surface area contributed by atoms with Gasteiger partial charge in [0.2, 0.25) is 0 Å². The van der Waals surface area contributed by atoms with E-state index in [4.69, 9.17) is 0 Å². The predicted octanol–water partition coefficient (Wildman–Crippen LogP) is 3.35. The van der Waals surface area contributed by atoms with Gasteiger partial charge in [0.15, 0.2) is 0 Å².